The molecule has 0 N–H and O–H groups in total. The molecule has 1 aliphatic rings. The van der Waals surface area contributed by atoms with E-state index >= 15 is 0 Å². The van der Waals surface area contributed by atoms with E-state index < -0.39 is 11.7 Å². The first-order valence-corrected chi connectivity index (χ1v) is 8.56. The van der Waals surface area contributed by atoms with Gasteiger partial charge in [-0.3, -0.25) is 4.79 Å². The molecule has 1 amide bonds. The molecule has 6 nitrogen and oxygen atoms in total. The first-order valence-electron chi connectivity index (χ1n) is 8.56. The highest BCUT2D eigenvalue weighted by Crippen LogP contribution is 2.34. The van der Waals surface area contributed by atoms with Crippen molar-refractivity contribution in [2.45, 2.75) is 6.18 Å². The third-order valence-corrected chi connectivity index (χ3v) is 4.59. The van der Waals surface area contributed by atoms with E-state index in [1.807, 2.05) is 11.9 Å². The average Bonchev–Trinajstić information content (AvgIpc) is 3.17. The van der Waals surface area contributed by atoms with Crippen molar-refractivity contribution < 1.29 is 18.0 Å². The van der Waals surface area contributed by atoms with E-state index in [2.05, 4.69) is 10.1 Å². The summed E-state index contributed by atoms with van der Waals surface area (Å²) in [5.41, 5.74) is -0.233. The second kappa shape index (κ2) is 6.66. The van der Waals surface area contributed by atoms with Crippen LogP contribution in [0.25, 0.3) is 5.69 Å². The van der Waals surface area contributed by atoms with E-state index in [0.29, 0.717) is 24.6 Å². The molecule has 3 heterocycles. The Morgan fingerprint density at radius 2 is 1.79 bits per heavy atom. The average molecular weight is 387 g/mol. The summed E-state index contributed by atoms with van der Waals surface area (Å²) in [6.07, 6.45) is -1.51. The fourth-order valence-electron chi connectivity index (χ4n) is 3.20. The first-order chi connectivity index (χ1) is 13.4. The molecule has 2 aromatic heterocycles. The van der Waals surface area contributed by atoms with E-state index in [4.69, 9.17) is 0 Å². The molecule has 0 unspecified atom stereocenters. The fourth-order valence-corrected chi connectivity index (χ4v) is 3.20. The number of hydrogen-bond donors (Lipinski definition) is 0. The predicted octanol–water partition coefficient (Wildman–Crippen LogP) is 3.38. The summed E-state index contributed by atoms with van der Waals surface area (Å²) in [5.74, 6) is 0.287. The Kier molecular flexibility index (Phi) is 4.29. The van der Waals surface area contributed by atoms with Crippen LogP contribution in [0.1, 0.15) is 16.1 Å². The van der Waals surface area contributed by atoms with Crippen molar-refractivity contribution in [2.75, 3.05) is 29.9 Å². The van der Waals surface area contributed by atoms with Crippen molar-refractivity contribution >= 4 is 17.4 Å². The third-order valence-electron chi connectivity index (χ3n) is 4.59. The molecule has 0 fully saturated rings. The summed E-state index contributed by atoms with van der Waals surface area (Å²) < 4.78 is 40.9. The molecule has 0 atom stereocenters. The molecule has 0 spiro atoms. The van der Waals surface area contributed by atoms with E-state index in [9.17, 15) is 18.0 Å². The van der Waals surface area contributed by atoms with Crippen molar-refractivity contribution in [3.05, 3.63) is 66.1 Å². The second-order valence-corrected chi connectivity index (χ2v) is 6.38. The molecular weight excluding hydrogens is 371 g/mol. The summed E-state index contributed by atoms with van der Waals surface area (Å²) in [6, 6.07) is 10.1. The largest absolute Gasteiger partial charge is 0.418 e. The number of carbonyl (C=O) groups excluding carboxylic acids is 1. The third kappa shape index (κ3) is 3.08. The minimum Gasteiger partial charge on any atom is -0.356 e. The molecule has 9 heteroatoms. The molecule has 0 radical (unpaired) electrons. The van der Waals surface area contributed by atoms with Gasteiger partial charge in [0.15, 0.2) is 11.5 Å². The van der Waals surface area contributed by atoms with Crippen LogP contribution < -0.4 is 9.80 Å². The number of nitrogens with zero attached hydrogens (tertiary/aromatic N) is 5. The summed E-state index contributed by atoms with van der Waals surface area (Å²) in [7, 11) is 1.89. The number of aromatic nitrogens is 3. The van der Waals surface area contributed by atoms with Gasteiger partial charge in [-0.25, -0.2) is 9.67 Å². The number of pyridine rings is 1. The monoisotopic (exact) mass is 387 g/mol. The molecule has 28 heavy (non-hydrogen) atoms. The highest BCUT2D eigenvalue weighted by Gasteiger charge is 2.34. The minimum atomic E-state index is -4.52. The Balaban J connectivity index is 1.68. The van der Waals surface area contributed by atoms with Crippen LogP contribution in [0.3, 0.4) is 0 Å². The molecular formula is C19H16F3N5O. The lowest BCUT2D eigenvalue weighted by molar-refractivity contribution is -0.137. The van der Waals surface area contributed by atoms with E-state index in [1.165, 1.54) is 30.5 Å². The fraction of sp³-hybridized carbons (Fsp3) is 0.211. The molecule has 144 valence electrons. The Morgan fingerprint density at radius 3 is 2.57 bits per heavy atom. The number of anilines is 2. The zero-order valence-electron chi connectivity index (χ0n) is 14.9. The van der Waals surface area contributed by atoms with Gasteiger partial charge < -0.3 is 9.80 Å². The highest BCUT2D eigenvalue weighted by molar-refractivity contribution is 6.06. The normalized spacial score (nSPS) is 14.1. The van der Waals surface area contributed by atoms with Gasteiger partial charge in [-0.2, -0.15) is 18.3 Å². The molecule has 0 saturated heterocycles. The van der Waals surface area contributed by atoms with Gasteiger partial charge in [-0.05, 0) is 30.3 Å². The number of rotatable bonds is 2. The molecule has 1 aromatic carbocycles. The van der Waals surface area contributed by atoms with Gasteiger partial charge >= 0.3 is 6.18 Å². The van der Waals surface area contributed by atoms with Crippen molar-refractivity contribution in [3.63, 3.8) is 0 Å². The lowest BCUT2D eigenvalue weighted by atomic mass is 10.2. The first kappa shape index (κ1) is 18.0. The predicted molar refractivity (Wildman–Crippen MR) is 97.7 cm³/mol. The van der Waals surface area contributed by atoms with Crippen molar-refractivity contribution in [2.24, 2.45) is 0 Å². The van der Waals surface area contributed by atoms with Crippen LogP contribution in [0.5, 0.6) is 0 Å². The Hall–Kier alpha value is -3.36. The second-order valence-electron chi connectivity index (χ2n) is 6.38. The van der Waals surface area contributed by atoms with Crippen LogP contribution in [-0.2, 0) is 6.18 Å². The number of para-hydroxylation sites is 1. The number of hydrogen-bond acceptors (Lipinski definition) is 4. The molecule has 0 saturated carbocycles. The van der Waals surface area contributed by atoms with E-state index in [1.54, 1.807) is 23.2 Å². The number of amides is 1. The van der Waals surface area contributed by atoms with Crippen LogP contribution in [0, 0.1) is 0 Å². The van der Waals surface area contributed by atoms with Gasteiger partial charge in [-0.1, -0.05) is 12.1 Å². The SMILES string of the molecule is CN1CCN(C(=O)c2ccn(-c3ccccc3C(F)(F)F)n2)c2cccnc21. The number of halogens is 3. The molecule has 4 rings (SSSR count). The molecule has 0 bridgehead atoms. The van der Waals surface area contributed by atoms with Gasteiger partial charge in [-0.15, -0.1) is 0 Å². The summed E-state index contributed by atoms with van der Waals surface area (Å²) in [5, 5.41) is 4.11. The van der Waals surface area contributed by atoms with E-state index in [-0.39, 0.29) is 17.3 Å². The van der Waals surface area contributed by atoms with Crippen molar-refractivity contribution in [1.82, 2.24) is 14.8 Å². The number of benzene rings is 1. The standard InChI is InChI=1S/C19H16F3N5O/c1-25-11-12-26(16-7-4-9-23-17(16)25)18(28)14-8-10-27(24-14)15-6-3-2-5-13(15)19(20,21)22/h2-10H,11-12H2,1H3. The maximum absolute atomic E-state index is 13.3. The Labute approximate surface area is 158 Å². The maximum Gasteiger partial charge on any atom is 0.418 e. The Bertz CT molecular complexity index is 1030. The number of likely N-dealkylation sites (N-methyl/N-ethyl adjacent to an activating group) is 1. The zero-order valence-corrected chi connectivity index (χ0v) is 14.9. The molecule has 1 aliphatic heterocycles. The molecule has 3 aromatic rings. The van der Waals surface area contributed by atoms with Crippen LogP contribution >= 0.6 is 0 Å². The maximum atomic E-state index is 13.3. The van der Waals surface area contributed by atoms with Crippen LogP contribution in [0.4, 0.5) is 24.7 Å². The smallest absolute Gasteiger partial charge is 0.356 e. The van der Waals surface area contributed by atoms with Gasteiger partial charge in [0.1, 0.15) is 0 Å². The number of fused-ring (bicyclic) bond motifs is 1. The summed E-state index contributed by atoms with van der Waals surface area (Å²) in [4.78, 5) is 20.8. The number of alkyl halides is 3. The summed E-state index contributed by atoms with van der Waals surface area (Å²) in [6.45, 7) is 1.02. The topological polar surface area (TPSA) is 54.3 Å². The van der Waals surface area contributed by atoms with Crippen molar-refractivity contribution in [1.29, 1.82) is 0 Å². The summed E-state index contributed by atoms with van der Waals surface area (Å²) >= 11 is 0. The van der Waals surface area contributed by atoms with Gasteiger partial charge in [0.05, 0.1) is 16.9 Å². The highest BCUT2D eigenvalue weighted by atomic mass is 19.4. The van der Waals surface area contributed by atoms with Crippen molar-refractivity contribution in [3.8, 4) is 5.69 Å². The van der Waals surface area contributed by atoms with E-state index in [0.717, 1.165) is 10.7 Å². The van der Waals surface area contributed by atoms with Gasteiger partial charge in [0.25, 0.3) is 5.91 Å². The minimum absolute atomic E-state index is 0.0660. The lowest BCUT2D eigenvalue weighted by Crippen LogP contribution is -2.43. The molecule has 0 aliphatic carbocycles. The van der Waals surface area contributed by atoms with Gasteiger partial charge in [0.2, 0.25) is 0 Å². The quantitative estimate of drug-likeness (QED) is 0.677. The van der Waals surface area contributed by atoms with Crippen LogP contribution in [-0.4, -0.2) is 40.8 Å². The zero-order chi connectivity index (χ0) is 19.9. The lowest BCUT2D eigenvalue weighted by Gasteiger charge is -2.34. The van der Waals surface area contributed by atoms with Gasteiger partial charge in [0, 0.05) is 32.5 Å². The Morgan fingerprint density at radius 1 is 1.04 bits per heavy atom. The number of carbonyl (C=O) groups is 1. The van der Waals surface area contributed by atoms with Crippen LogP contribution in [0.15, 0.2) is 54.9 Å². The van der Waals surface area contributed by atoms with Crippen LogP contribution in [0.2, 0.25) is 0 Å².